The van der Waals surface area contributed by atoms with Crippen LogP contribution in [0.15, 0.2) is 48.1 Å². The summed E-state index contributed by atoms with van der Waals surface area (Å²) in [5.41, 5.74) is 0.991. The van der Waals surface area contributed by atoms with Crippen LogP contribution in [0, 0.1) is 0 Å². The summed E-state index contributed by atoms with van der Waals surface area (Å²) in [5, 5.41) is 3.45. The average Bonchev–Trinajstić information content (AvgIpc) is 3.03. The number of nitrogens with zero attached hydrogens (tertiary/aromatic N) is 2. The third-order valence-electron chi connectivity index (χ3n) is 2.81. The highest BCUT2D eigenvalue weighted by molar-refractivity contribution is 7.13. The molecule has 19 heavy (non-hydrogen) atoms. The number of imidazole rings is 1. The van der Waals surface area contributed by atoms with Crippen LogP contribution in [0.25, 0.3) is 10.7 Å². The highest BCUT2D eigenvalue weighted by atomic mass is 35.5. The van der Waals surface area contributed by atoms with Crippen LogP contribution in [0.2, 0.25) is 10.0 Å². The zero-order chi connectivity index (χ0) is 13.2. The van der Waals surface area contributed by atoms with E-state index in [2.05, 4.69) is 15.6 Å². The molecule has 0 saturated heterocycles. The van der Waals surface area contributed by atoms with Gasteiger partial charge in [-0.25, -0.2) is 4.98 Å². The van der Waals surface area contributed by atoms with Crippen molar-refractivity contribution in [1.82, 2.24) is 9.55 Å². The van der Waals surface area contributed by atoms with Crippen molar-refractivity contribution in [3.8, 4) is 10.7 Å². The van der Waals surface area contributed by atoms with E-state index in [9.17, 15) is 0 Å². The lowest BCUT2D eigenvalue weighted by atomic mass is 10.2. The van der Waals surface area contributed by atoms with Crippen molar-refractivity contribution in [2.24, 2.45) is 0 Å². The summed E-state index contributed by atoms with van der Waals surface area (Å²) < 4.78 is 2.07. The van der Waals surface area contributed by atoms with E-state index < -0.39 is 0 Å². The number of hydrogen-bond acceptors (Lipinski definition) is 2. The van der Waals surface area contributed by atoms with Gasteiger partial charge in [-0.15, -0.1) is 11.3 Å². The summed E-state index contributed by atoms with van der Waals surface area (Å²) in [5.74, 6) is 0.950. The Kier molecular flexibility index (Phi) is 3.60. The first-order valence-electron chi connectivity index (χ1n) is 5.73. The molecular weight excluding hydrogens is 299 g/mol. The van der Waals surface area contributed by atoms with Crippen molar-refractivity contribution in [3.63, 3.8) is 0 Å². The summed E-state index contributed by atoms with van der Waals surface area (Å²) in [7, 11) is 0. The van der Waals surface area contributed by atoms with Crippen LogP contribution in [0.5, 0.6) is 0 Å². The van der Waals surface area contributed by atoms with Gasteiger partial charge in [-0.2, -0.15) is 0 Å². The molecule has 0 radical (unpaired) electrons. The summed E-state index contributed by atoms with van der Waals surface area (Å²) in [4.78, 5) is 5.55. The summed E-state index contributed by atoms with van der Waals surface area (Å²) in [6, 6.07) is 9.58. The van der Waals surface area contributed by atoms with Gasteiger partial charge in [0.2, 0.25) is 0 Å². The van der Waals surface area contributed by atoms with E-state index in [0.717, 1.165) is 21.3 Å². The molecule has 2 aromatic heterocycles. The van der Waals surface area contributed by atoms with Crippen molar-refractivity contribution < 1.29 is 0 Å². The maximum atomic E-state index is 6.20. The third-order valence-corrected chi connectivity index (χ3v) is 4.28. The van der Waals surface area contributed by atoms with Gasteiger partial charge in [-0.3, -0.25) is 0 Å². The van der Waals surface area contributed by atoms with Gasteiger partial charge in [0.1, 0.15) is 5.82 Å². The topological polar surface area (TPSA) is 17.8 Å². The van der Waals surface area contributed by atoms with Crippen molar-refractivity contribution in [3.05, 3.63) is 63.7 Å². The molecule has 0 aliphatic heterocycles. The summed E-state index contributed by atoms with van der Waals surface area (Å²) in [6.07, 6.45) is 3.75. The second-order valence-electron chi connectivity index (χ2n) is 4.09. The highest BCUT2D eigenvalue weighted by Crippen LogP contribution is 2.26. The molecule has 2 nitrogen and oxygen atoms in total. The Morgan fingerprint density at radius 2 is 2.11 bits per heavy atom. The van der Waals surface area contributed by atoms with E-state index >= 15 is 0 Å². The fourth-order valence-electron chi connectivity index (χ4n) is 1.92. The number of aromatic nitrogens is 2. The van der Waals surface area contributed by atoms with E-state index in [1.807, 2.05) is 29.8 Å². The molecule has 0 atom stereocenters. The van der Waals surface area contributed by atoms with E-state index in [-0.39, 0.29) is 0 Å². The van der Waals surface area contributed by atoms with Crippen LogP contribution in [0.4, 0.5) is 0 Å². The number of rotatable bonds is 3. The zero-order valence-corrected chi connectivity index (χ0v) is 12.2. The van der Waals surface area contributed by atoms with Crippen LogP contribution < -0.4 is 0 Å². The maximum absolute atomic E-state index is 6.20. The standard InChI is InChI=1S/C14H10Cl2N2S/c15-11-3-4-12(16)10(8-11)9-18-6-5-17-14(18)13-2-1-7-19-13/h1-8H,9H2. The van der Waals surface area contributed by atoms with Crippen LogP contribution in [-0.4, -0.2) is 9.55 Å². The van der Waals surface area contributed by atoms with E-state index in [1.165, 1.54) is 0 Å². The summed E-state index contributed by atoms with van der Waals surface area (Å²) >= 11 is 13.9. The van der Waals surface area contributed by atoms with E-state index in [1.54, 1.807) is 23.6 Å². The normalized spacial score (nSPS) is 10.8. The van der Waals surface area contributed by atoms with Gasteiger partial charge in [0.15, 0.2) is 0 Å². The molecule has 3 rings (SSSR count). The predicted octanol–water partition coefficient (Wildman–Crippen LogP) is 4.97. The Morgan fingerprint density at radius 3 is 2.89 bits per heavy atom. The molecule has 0 N–H and O–H groups in total. The van der Waals surface area contributed by atoms with Gasteiger partial charge in [0.05, 0.1) is 11.4 Å². The van der Waals surface area contributed by atoms with Crippen molar-refractivity contribution in [2.45, 2.75) is 6.54 Å². The highest BCUT2D eigenvalue weighted by Gasteiger charge is 2.09. The molecule has 0 fully saturated rings. The smallest absolute Gasteiger partial charge is 0.150 e. The van der Waals surface area contributed by atoms with Gasteiger partial charge < -0.3 is 4.57 Å². The van der Waals surface area contributed by atoms with Crippen LogP contribution in [0.3, 0.4) is 0 Å². The largest absolute Gasteiger partial charge is 0.326 e. The zero-order valence-electron chi connectivity index (χ0n) is 9.88. The minimum atomic E-state index is 0.659. The monoisotopic (exact) mass is 308 g/mol. The van der Waals surface area contributed by atoms with Crippen LogP contribution in [-0.2, 0) is 6.54 Å². The lowest BCUT2D eigenvalue weighted by Crippen LogP contribution is -2.01. The molecule has 96 valence electrons. The summed E-state index contributed by atoms with van der Waals surface area (Å²) in [6.45, 7) is 0.659. The second kappa shape index (κ2) is 5.37. The molecule has 0 aliphatic rings. The van der Waals surface area contributed by atoms with Crippen molar-refractivity contribution in [1.29, 1.82) is 0 Å². The Morgan fingerprint density at radius 1 is 1.21 bits per heavy atom. The number of benzene rings is 1. The molecule has 3 aromatic rings. The first-order valence-corrected chi connectivity index (χ1v) is 7.36. The molecule has 5 heteroatoms. The Labute approximate surface area is 125 Å². The SMILES string of the molecule is Clc1ccc(Cl)c(Cn2ccnc2-c2cccs2)c1. The third kappa shape index (κ3) is 2.68. The number of thiophene rings is 1. The maximum Gasteiger partial charge on any atom is 0.150 e. The molecule has 0 bridgehead atoms. The Hall–Kier alpha value is -1.29. The Bertz CT molecular complexity index is 689. The molecule has 0 spiro atoms. The quantitative estimate of drug-likeness (QED) is 0.668. The van der Waals surface area contributed by atoms with E-state index in [0.29, 0.717) is 11.6 Å². The molecule has 0 aliphatic carbocycles. The molecule has 0 saturated carbocycles. The number of hydrogen-bond donors (Lipinski definition) is 0. The first-order chi connectivity index (χ1) is 9.24. The minimum absolute atomic E-state index is 0.659. The predicted molar refractivity (Wildman–Crippen MR) is 81.1 cm³/mol. The second-order valence-corrected chi connectivity index (χ2v) is 5.88. The van der Waals surface area contributed by atoms with Gasteiger partial charge in [-0.05, 0) is 35.2 Å². The molecular formula is C14H10Cl2N2S. The molecule has 0 amide bonds. The molecule has 2 heterocycles. The minimum Gasteiger partial charge on any atom is -0.326 e. The molecule has 1 aromatic carbocycles. The van der Waals surface area contributed by atoms with Gasteiger partial charge in [0, 0.05) is 22.4 Å². The first kappa shape index (κ1) is 12.7. The van der Waals surface area contributed by atoms with Crippen LogP contribution in [0.1, 0.15) is 5.56 Å². The van der Waals surface area contributed by atoms with Gasteiger partial charge in [0.25, 0.3) is 0 Å². The Balaban J connectivity index is 1.96. The fraction of sp³-hybridized carbons (Fsp3) is 0.0714. The van der Waals surface area contributed by atoms with Gasteiger partial charge >= 0.3 is 0 Å². The van der Waals surface area contributed by atoms with Crippen molar-refractivity contribution in [2.75, 3.05) is 0 Å². The van der Waals surface area contributed by atoms with Crippen molar-refractivity contribution >= 4 is 34.5 Å². The number of halogens is 2. The average molecular weight is 309 g/mol. The van der Waals surface area contributed by atoms with E-state index in [4.69, 9.17) is 23.2 Å². The fourth-order valence-corrected chi connectivity index (χ4v) is 3.02. The lowest BCUT2D eigenvalue weighted by molar-refractivity contribution is 0.809. The van der Waals surface area contributed by atoms with Crippen LogP contribution >= 0.6 is 34.5 Å². The van der Waals surface area contributed by atoms with Gasteiger partial charge in [-0.1, -0.05) is 29.3 Å². The molecule has 0 unspecified atom stereocenters. The lowest BCUT2D eigenvalue weighted by Gasteiger charge is -2.09.